The van der Waals surface area contributed by atoms with Crippen LogP contribution in [0.3, 0.4) is 0 Å². The molecule has 1 aromatic carbocycles. The Labute approximate surface area is 101 Å². The number of rotatable bonds is 4. The monoisotopic (exact) mass is 254 g/mol. The average molecular weight is 254 g/mol. The van der Waals surface area contributed by atoms with Crippen LogP contribution in [0.2, 0.25) is 0 Å². The summed E-state index contributed by atoms with van der Waals surface area (Å²) >= 11 is 1.30. The quantitative estimate of drug-likeness (QED) is 0.616. The van der Waals surface area contributed by atoms with Crippen molar-refractivity contribution in [2.45, 2.75) is 10.6 Å². The third kappa shape index (κ3) is 2.94. The number of aldehydes is 1. The Hall–Kier alpha value is -1.62. The van der Waals surface area contributed by atoms with Crippen LogP contribution in [0, 0.1) is 11.6 Å². The molecule has 0 unspecified atom stereocenters. The van der Waals surface area contributed by atoms with Crippen molar-refractivity contribution in [2.75, 3.05) is 0 Å². The fourth-order valence-corrected chi connectivity index (χ4v) is 2.07. The minimum atomic E-state index is -0.872. The van der Waals surface area contributed by atoms with E-state index in [1.807, 2.05) is 0 Å². The summed E-state index contributed by atoms with van der Waals surface area (Å²) in [5.41, 5.74) is 0. The largest absolute Gasteiger partial charge is 0.457 e. The van der Waals surface area contributed by atoms with Gasteiger partial charge in [0.25, 0.3) is 0 Å². The Balaban J connectivity index is 2.01. The maximum Gasteiger partial charge on any atom is 0.185 e. The van der Waals surface area contributed by atoms with Gasteiger partial charge in [-0.1, -0.05) is 0 Å². The maximum atomic E-state index is 12.9. The second-order valence-corrected chi connectivity index (χ2v) is 4.34. The molecular formula is C12H8F2O2S. The minimum absolute atomic E-state index is 0.255. The van der Waals surface area contributed by atoms with Crippen molar-refractivity contribution in [3.63, 3.8) is 0 Å². The predicted molar refractivity (Wildman–Crippen MR) is 60.0 cm³/mol. The summed E-state index contributed by atoms with van der Waals surface area (Å²) < 4.78 is 30.7. The smallest absolute Gasteiger partial charge is 0.185 e. The predicted octanol–water partition coefficient (Wildman–Crippen LogP) is 3.66. The minimum Gasteiger partial charge on any atom is -0.457 e. The van der Waals surface area contributed by atoms with Crippen LogP contribution in [0.25, 0.3) is 0 Å². The number of carbonyl (C=O) groups excluding carboxylic acids is 1. The molecule has 1 heterocycles. The highest BCUT2D eigenvalue weighted by molar-refractivity contribution is 7.98. The lowest BCUT2D eigenvalue weighted by atomic mass is 10.3. The zero-order chi connectivity index (χ0) is 12.3. The van der Waals surface area contributed by atoms with Gasteiger partial charge in [-0.05, 0) is 30.3 Å². The lowest BCUT2D eigenvalue weighted by Gasteiger charge is -2.00. The molecule has 2 rings (SSSR count). The van der Waals surface area contributed by atoms with Crippen LogP contribution >= 0.6 is 11.8 Å². The first-order chi connectivity index (χ1) is 8.19. The van der Waals surface area contributed by atoms with Gasteiger partial charge < -0.3 is 4.42 Å². The topological polar surface area (TPSA) is 30.2 Å². The first-order valence-electron chi connectivity index (χ1n) is 4.81. The Bertz CT molecular complexity index is 537. The fourth-order valence-electron chi connectivity index (χ4n) is 1.26. The molecule has 0 radical (unpaired) electrons. The van der Waals surface area contributed by atoms with E-state index >= 15 is 0 Å². The number of thioether (sulfide) groups is 1. The lowest BCUT2D eigenvalue weighted by molar-refractivity contribution is 0.109. The van der Waals surface area contributed by atoms with Gasteiger partial charge in [-0.25, -0.2) is 8.78 Å². The van der Waals surface area contributed by atoms with Gasteiger partial charge in [0.2, 0.25) is 0 Å². The van der Waals surface area contributed by atoms with E-state index in [2.05, 4.69) is 0 Å². The summed E-state index contributed by atoms with van der Waals surface area (Å²) in [7, 11) is 0. The molecule has 0 aliphatic heterocycles. The number of furan rings is 1. The molecule has 0 atom stereocenters. The van der Waals surface area contributed by atoms with Gasteiger partial charge in [0, 0.05) is 4.90 Å². The molecule has 0 saturated heterocycles. The van der Waals surface area contributed by atoms with Crippen molar-refractivity contribution in [1.82, 2.24) is 0 Å². The summed E-state index contributed by atoms with van der Waals surface area (Å²) in [6.45, 7) is 0. The first kappa shape index (κ1) is 11.9. The number of halogens is 2. The van der Waals surface area contributed by atoms with E-state index < -0.39 is 11.6 Å². The Morgan fingerprint density at radius 3 is 2.65 bits per heavy atom. The number of benzene rings is 1. The van der Waals surface area contributed by atoms with Crippen molar-refractivity contribution in [3.8, 4) is 0 Å². The number of carbonyl (C=O) groups is 1. The van der Waals surface area contributed by atoms with Gasteiger partial charge >= 0.3 is 0 Å². The highest BCUT2D eigenvalue weighted by Gasteiger charge is 2.05. The summed E-state index contributed by atoms with van der Waals surface area (Å²) in [5.74, 6) is -0.412. The fraction of sp³-hybridized carbons (Fsp3) is 0.0833. The van der Waals surface area contributed by atoms with E-state index in [1.165, 1.54) is 17.8 Å². The van der Waals surface area contributed by atoms with E-state index in [0.29, 0.717) is 22.7 Å². The lowest BCUT2D eigenvalue weighted by Crippen LogP contribution is -1.84. The summed E-state index contributed by atoms with van der Waals surface area (Å²) in [6.07, 6.45) is 0.617. The van der Waals surface area contributed by atoms with Crippen LogP contribution in [0.5, 0.6) is 0 Å². The molecule has 1 aromatic heterocycles. The van der Waals surface area contributed by atoms with Crippen LogP contribution in [0.15, 0.2) is 39.6 Å². The molecule has 0 fully saturated rings. The third-order valence-corrected chi connectivity index (χ3v) is 3.09. The SMILES string of the molecule is O=Cc1ccc(CSc2ccc(F)c(F)c2)o1. The van der Waals surface area contributed by atoms with Crippen LogP contribution in [0.4, 0.5) is 8.78 Å². The molecule has 88 valence electrons. The molecule has 2 aromatic rings. The van der Waals surface area contributed by atoms with Gasteiger partial charge in [0.15, 0.2) is 23.7 Å². The first-order valence-corrected chi connectivity index (χ1v) is 5.79. The zero-order valence-electron chi connectivity index (χ0n) is 8.65. The van der Waals surface area contributed by atoms with Crippen molar-refractivity contribution < 1.29 is 18.0 Å². The highest BCUT2D eigenvalue weighted by Crippen LogP contribution is 2.24. The van der Waals surface area contributed by atoms with E-state index in [4.69, 9.17) is 4.42 Å². The molecule has 0 saturated carbocycles. The van der Waals surface area contributed by atoms with E-state index in [1.54, 1.807) is 12.1 Å². The summed E-state index contributed by atoms with van der Waals surface area (Å²) in [5, 5.41) is 0. The van der Waals surface area contributed by atoms with E-state index in [-0.39, 0.29) is 5.76 Å². The third-order valence-electron chi connectivity index (χ3n) is 2.07. The van der Waals surface area contributed by atoms with Gasteiger partial charge in [-0.3, -0.25) is 4.79 Å². The maximum absolute atomic E-state index is 12.9. The molecule has 0 aliphatic carbocycles. The second-order valence-electron chi connectivity index (χ2n) is 3.29. The van der Waals surface area contributed by atoms with Gasteiger partial charge in [-0.2, -0.15) is 0 Å². The van der Waals surface area contributed by atoms with Gasteiger partial charge in [0.1, 0.15) is 5.76 Å². The number of hydrogen-bond acceptors (Lipinski definition) is 3. The number of hydrogen-bond donors (Lipinski definition) is 0. The van der Waals surface area contributed by atoms with Crippen LogP contribution in [-0.4, -0.2) is 6.29 Å². The molecule has 2 nitrogen and oxygen atoms in total. The van der Waals surface area contributed by atoms with Crippen LogP contribution < -0.4 is 0 Å². The van der Waals surface area contributed by atoms with Crippen molar-refractivity contribution in [1.29, 1.82) is 0 Å². The standard InChI is InChI=1S/C12H8F2O2S/c13-11-4-3-10(5-12(11)14)17-7-9-2-1-8(6-15)16-9/h1-6H,7H2. The van der Waals surface area contributed by atoms with Crippen molar-refractivity contribution >= 4 is 18.0 Å². The molecular weight excluding hydrogens is 246 g/mol. The van der Waals surface area contributed by atoms with Crippen molar-refractivity contribution in [3.05, 3.63) is 53.5 Å². The summed E-state index contributed by atoms with van der Waals surface area (Å²) in [4.78, 5) is 11.0. The Morgan fingerprint density at radius 1 is 1.18 bits per heavy atom. The summed E-state index contributed by atoms with van der Waals surface area (Å²) in [6, 6.07) is 6.94. The van der Waals surface area contributed by atoms with Gasteiger partial charge in [0.05, 0.1) is 5.75 Å². The van der Waals surface area contributed by atoms with Crippen molar-refractivity contribution in [2.24, 2.45) is 0 Å². The molecule has 0 bridgehead atoms. The second kappa shape index (κ2) is 5.14. The van der Waals surface area contributed by atoms with Crippen LogP contribution in [-0.2, 0) is 5.75 Å². The molecule has 0 spiro atoms. The van der Waals surface area contributed by atoms with E-state index in [0.717, 1.165) is 12.1 Å². The molecule has 0 aliphatic rings. The molecule has 5 heteroatoms. The average Bonchev–Trinajstić information content (AvgIpc) is 2.79. The highest BCUT2D eigenvalue weighted by atomic mass is 32.2. The zero-order valence-corrected chi connectivity index (χ0v) is 9.47. The Morgan fingerprint density at radius 2 is 2.00 bits per heavy atom. The molecule has 0 amide bonds. The van der Waals surface area contributed by atoms with E-state index in [9.17, 15) is 13.6 Å². The van der Waals surface area contributed by atoms with Crippen LogP contribution in [0.1, 0.15) is 16.3 Å². The normalized spacial score (nSPS) is 10.5. The Kier molecular flexibility index (Phi) is 3.58. The molecule has 17 heavy (non-hydrogen) atoms. The van der Waals surface area contributed by atoms with Gasteiger partial charge in [-0.15, -0.1) is 11.8 Å². The molecule has 0 N–H and O–H groups in total.